The molecule has 3 N–H and O–H groups in total. The predicted octanol–water partition coefficient (Wildman–Crippen LogP) is 5.11. The largest absolute Gasteiger partial charge is 0.490 e. The Hall–Kier alpha value is -4.69. The molecular formula is C29H27F3N2O8S. The van der Waals surface area contributed by atoms with Crippen LogP contribution in [-0.2, 0) is 21.4 Å². The Kier molecular flexibility index (Phi) is 10.3. The number of hydrogen-bond donors (Lipinski definition) is 3. The summed E-state index contributed by atoms with van der Waals surface area (Å²) in [7, 11) is -3.51. The Balaban J connectivity index is 0.000000194. The van der Waals surface area contributed by atoms with E-state index in [0.717, 1.165) is 24.9 Å². The third kappa shape index (κ3) is 7.99. The summed E-state index contributed by atoms with van der Waals surface area (Å²) in [6.45, 7) is 4.06. The molecule has 43 heavy (non-hydrogen) atoms. The van der Waals surface area contributed by atoms with Crippen LogP contribution in [-0.4, -0.2) is 69.8 Å². The highest BCUT2D eigenvalue weighted by molar-refractivity contribution is 7.90. The van der Waals surface area contributed by atoms with Crippen molar-refractivity contribution in [3.63, 3.8) is 0 Å². The van der Waals surface area contributed by atoms with E-state index in [-0.39, 0.29) is 11.1 Å². The van der Waals surface area contributed by atoms with Gasteiger partial charge in [0.2, 0.25) is 0 Å². The molecule has 2 heterocycles. The first-order chi connectivity index (χ1) is 20.1. The smallest absolute Gasteiger partial charge is 0.478 e. The van der Waals surface area contributed by atoms with Gasteiger partial charge in [-0.1, -0.05) is 42.5 Å². The zero-order valence-corrected chi connectivity index (χ0v) is 23.5. The molecule has 0 atom stereocenters. The number of carboxylic acids is 3. The molecule has 3 aromatic carbocycles. The maximum Gasteiger partial charge on any atom is 0.490 e. The Morgan fingerprint density at radius 3 is 1.93 bits per heavy atom. The van der Waals surface area contributed by atoms with E-state index in [2.05, 4.69) is 4.90 Å². The molecule has 0 saturated carbocycles. The predicted molar refractivity (Wildman–Crippen MR) is 150 cm³/mol. The molecule has 4 aromatic rings. The molecule has 0 unspecified atom stereocenters. The Bertz CT molecular complexity index is 1730. The van der Waals surface area contributed by atoms with Gasteiger partial charge in [-0.3, -0.25) is 4.90 Å². The van der Waals surface area contributed by atoms with E-state index in [1.54, 1.807) is 61.7 Å². The number of fused-ring (bicyclic) bond motifs is 1. The van der Waals surface area contributed by atoms with Gasteiger partial charge in [0.05, 0.1) is 21.5 Å². The first-order valence-corrected chi connectivity index (χ1v) is 14.1. The number of rotatable bonds is 6. The lowest BCUT2D eigenvalue weighted by Crippen LogP contribution is -2.36. The van der Waals surface area contributed by atoms with Gasteiger partial charge in [-0.2, -0.15) is 13.2 Å². The van der Waals surface area contributed by atoms with Crippen molar-refractivity contribution in [2.45, 2.75) is 31.0 Å². The number of aromatic carboxylic acids is 2. The molecule has 5 rings (SSSR count). The molecule has 0 bridgehead atoms. The molecule has 10 nitrogen and oxygen atoms in total. The third-order valence-electron chi connectivity index (χ3n) is 6.44. The lowest BCUT2D eigenvalue weighted by molar-refractivity contribution is -0.192. The number of halogens is 3. The maximum atomic E-state index is 12.5. The van der Waals surface area contributed by atoms with Crippen LogP contribution in [0.15, 0.2) is 83.9 Å². The van der Waals surface area contributed by atoms with Gasteiger partial charge in [-0.25, -0.2) is 26.8 Å². The van der Waals surface area contributed by atoms with Crippen LogP contribution in [0.3, 0.4) is 0 Å². The molecule has 0 aliphatic carbocycles. The highest BCUT2D eigenvalue weighted by Gasteiger charge is 2.38. The quantitative estimate of drug-likeness (QED) is 0.267. The molecule has 0 radical (unpaired) electrons. The number of aliphatic carboxylic acids is 1. The van der Waals surface area contributed by atoms with Crippen LogP contribution >= 0.6 is 0 Å². The Morgan fingerprint density at radius 1 is 0.837 bits per heavy atom. The first-order valence-electron chi connectivity index (χ1n) is 12.6. The van der Waals surface area contributed by atoms with E-state index in [1.165, 1.54) is 10.0 Å². The zero-order chi connectivity index (χ0) is 31.9. The molecule has 1 saturated heterocycles. The highest BCUT2D eigenvalue weighted by Crippen LogP contribution is 2.23. The maximum absolute atomic E-state index is 12.5. The summed E-state index contributed by atoms with van der Waals surface area (Å²) in [6, 6.07) is 20.8. The number of aromatic nitrogens is 1. The second-order valence-corrected chi connectivity index (χ2v) is 11.1. The fourth-order valence-corrected chi connectivity index (χ4v) is 5.56. The molecule has 14 heteroatoms. The number of carboxylic acid groups (broad SMARTS) is 3. The average molecular weight is 621 g/mol. The normalized spacial score (nSPS) is 13.1. The summed E-state index contributed by atoms with van der Waals surface area (Å²) in [5.41, 5.74) is 1.89. The van der Waals surface area contributed by atoms with Crippen LogP contribution in [0.5, 0.6) is 0 Å². The molecule has 228 valence electrons. The summed E-state index contributed by atoms with van der Waals surface area (Å²) in [5, 5.41) is 26.3. The first kappa shape index (κ1) is 32.8. The molecule has 1 aliphatic heterocycles. The minimum Gasteiger partial charge on any atom is -0.478 e. The van der Waals surface area contributed by atoms with Crippen molar-refractivity contribution in [3.05, 3.63) is 101 Å². The standard InChI is InChI=1S/C14H11NO2S.C13H15NO4.C2HF3O2/c16-18(17,13-7-2-1-3-8-13)15-11-10-12-6-4-5-9-14(12)15;1-8-10(12(15)16)4-3-9(11(8)13(17)18)7-14-5-2-6-14;3-2(4,5)1(6)7/h1-11H;3-4H,2,5-7H2,1H3,(H,15,16)(H,17,18);(H,6,7). The van der Waals surface area contributed by atoms with Crippen molar-refractivity contribution in [2.24, 2.45) is 0 Å². The average Bonchev–Trinajstić information content (AvgIpc) is 3.36. The molecule has 1 aromatic heterocycles. The summed E-state index contributed by atoms with van der Waals surface area (Å²) in [5.74, 6) is -4.91. The van der Waals surface area contributed by atoms with Gasteiger partial charge in [0, 0.05) is 18.1 Å². The fraction of sp³-hybridized carbons (Fsp3) is 0.207. The van der Waals surface area contributed by atoms with Gasteiger partial charge in [0.1, 0.15) is 0 Å². The lowest BCUT2D eigenvalue weighted by atomic mass is 9.96. The lowest BCUT2D eigenvalue weighted by Gasteiger charge is -2.31. The molecule has 1 aliphatic rings. The van der Waals surface area contributed by atoms with E-state index >= 15 is 0 Å². The zero-order valence-electron chi connectivity index (χ0n) is 22.7. The van der Waals surface area contributed by atoms with Crippen molar-refractivity contribution < 1.29 is 51.3 Å². The molecule has 0 spiro atoms. The van der Waals surface area contributed by atoms with Crippen LogP contribution in [0, 0.1) is 6.92 Å². The Labute approximate surface area is 244 Å². The van der Waals surface area contributed by atoms with E-state index < -0.39 is 34.1 Å². The van der Waals surface area contributed by atoms with E-state index in [0.29, 0.717) is 28.1 Å². The van der Waals surface area contributed by atoms with Gasteiger partial charge in [0.25, 0.3) is 10.0 Å². The van der Waals surface area contributed by atoms with E-state index in [9.17, 15) is 36.3 Å². The van der Waals surface area contributed by atoms with Crippen LogP contribution in [0.4, 0.5) is 13.2 Å². The fourth-order valence-electron chi connectivity index (χ4n) is 4.18. The number of nitrogens with zero attached hydrogens (tertiary/aromatic N) is 2. The van der Waals surface area contributed by atoms with Crippen molar-refractivity contribution in [1.29, 1.82) is 0 Å². The number of carbonyl (C=O) groups is 3. The van der Waals surface area contributed by atoms with Crippen molar-refractivity contribution >= 4 is 38.8 Å². The van der Waals surface area contributed by atoms with Crippen LogP contribution < -0.4 is 0 Å². The summed E-state index contributed by atoms with van der Waals surface area (Å²) in [6.07, 6.45) is -2.36. The van der Waals surface area contributed by atoms with Crippen LogP contribution in [0.1, 0.15) is 38.3 Å². The van der Waals surface area contributed by atoms with Gasteiger partial charge < -0.3 is 15.3 Å². The summed E-state index contributed by atoms with van der Waals surface area (Å²) >= 11 is 0. The minimum absolute atomic E-state index is 0.0553. The van der Waals surface area contributed by atoms with Crippen LogP contribution in [0.2, 0.25) is 0 Å². The van der Waals surface area contributed by atoms with E-state index in [4.69, 9.17) is 15.0 Å². The van der Waals surface area contributed by atoms with Crippen molar-refractivity contribution in [1.82, 2.24) is 8.87 Å². The SMILES string of the molecule is Cc1c(C(=O)O)ccc(CN2CCC2)c1C(=O)O.O=C(O)C(F)(F)F.O=S(=O)(c1ccccc1)n1ccc2ccccc21. The van der Waals surface area contributed by atoms with E-state index in [1.807, 2.05) is 18.2 Å². The van der Waals surface area contributed by atoms with Gasteiger partial charge in [0.15, 0.2) is 0 Å². The topological polar surface area (TPSA) is 154 Å². The van der Waals surface area contributed by atoms with Gasteiger partial charge in [-0.15, -0.1) is 0 Å². The van der Waals surface area contributed by atoms with Crippen LogP contribution in [0.25, 0.3) is 10.9 Å². The minimum atomic E-state index is -5.08. The van der Waals surface area contributed by atoms with Crippen molar-refractivity contribution in [3.8, 4) is 0 Å². The second-order valence-electron chi connectivity index (χ2n) is 9.30. The number of hydrogen-bond acceptors (Lipinski definition) is 6. The summed E-state index contributed by atoms with van der Waals surface area (Å²) in [4.78, 5) is 33.6. The molecule has 0 amide bonds. The third-order valence-corrected chi connectivity index (χ3v) is 8.15. The molecule has 1 fully saturated rings. The van der Waals surface area contributed by atoms with Gasteiger partial charge in [-0.05, 0) is 67.9 Å². The van der Waals surface area contributed by atoms with Crippen molar-refractivity contribution in [2.75, 3.05) is 13.1 Å². The monoisotopic (exact) mass is 620 g/mol. The Morgan fingerprint density at radius 2 is 1.42 bits per heavy atom. The number of alkyl halides is 3. The second kappa shape index (κ2) is 13.5. The number of likely N-dealkylation sites (tertiary alicyclic amines) is 1. The number of benzene rings is 3. The number of para-hydroxylation sites is 1. The molecular weight excluding hydrogens is 593 g/mol. The van der Waals surface area contributed by atoms with Gasteiger partial charge >= 0.3 is 24.1 Å². The summed E-state index contributed by atoms with van der Waals surface area (Å²) < 4.78 is 58.0. The highest BCUT2D eigenvalue weighted by atomic mass is 32.2.